The highest BCUT2D eigenvalue weighted by molar-refractivity contribution is 8.26. The quantitative estimate of drug-likeness (QED) is 0.168. The van der Waals surface area contributed by atoms with Crippen molar-refractivity contribution >= 4 is 46.3 Å². The molecular weight excluding hydrogens is 487 g/mol. The molecule has 0 aliphatic carbocycles. The molecular formula is C24H22F3NO4S2. The molecule has 0 saturated carbocycles. The number of furan rings is 1. The van der Waals surface area contributed by atoms with Gasteiger partial charge in [0.05, 0.1) is 10.5 Å². The lowest BCUT2D eigenvalue weighted by Gasteiger charge is -2.13. The zero-order valence-corrected chi connectivity index (χ0v) is 19.9. The fraction of sp³-hybridized carbons (Fsp3) is 0.292. The van der Waals surface area contributed by atoms with Crippen LogP contribution in [0.5, 0.6) is 0 Å². The molecule has 5 nitrogen and oxygen atoms in total. The van der Waals surface area contributed by atoms with Crippen molar-refractivity contribution < 1.29 is 32.3 Å². The number of carbonyl (C=O) groups is 2. The maximum absolute atomic E-state index is 14.6. The van der Waals surface area contributed by atoms with Crippen LogP contribution in [0.3, 0.4) is 0 Å². The summed E-state index contributed by atoms with van der Waals surface area (Å²) in [7, 11) is 0. The number of hydrogen-bond acceptors (Lipinski definition) is 5. The van der Waals surface area contributed by atoms with E-state index in [-0.39, 0.29) is 23.7 Å². The molecule has 0 atom stereocenters. The van der Waals surface area contributed by atoms with Gasteiger partial charge in [0, 0.05) is 24.6 Å². The Morgan fingerprint density at radius 3 is 2.68 bits per heavy atom. The van der Waals surface area contributed by atoms with E-state index in [0.29, 0.717) is 46.9 Å². The minimum absolute atomic E-state index is 0.0218. The molecule has 0 radical (unpaired) electrons. The van der Waals surface area contributed by atoms with Crippen molar-refractivity contribution in [1.82, 2.24) is 4.90 Å². The van der Waals surface area contributed by atoms with Crippen LogP contribution in [-0.2, 0) is 15.5 Å². The van der Waals surface area contributed by atoms with E-state index in [0.717, 1.165) is 23.9 Å². The Hall–Kier alpha value is -2.85. The van der Waals surface area contributed by atoms with Crippen molar-refractivity contribution in [2.75, 3.05) is 6.54 Å². The summed E-state index contributed by atoms with van der Waals surface area (Å²) in [6, 6.07) is 6.20. The van der Waals surface area contributed by atoms with Crippen LogP contribution in [0.15, 0.2) is 51.8 Å². The number of hydrogen-bond donors (Lipinski definition) is 1. The second-order valence-electron chi connectivity index (χ2n) is 7.56. The molecule has 1 fully saturated rings. The Kier molecular flexibility index (Phi) is 8.37. The van der Waals surface area contributed by atoms with E-state index in [2.05, 4.69) is 0 Å². The lowest BCUT2D eigenvalue weighted by molar-refractivity contribution is -0.137. The number of carbonyl (C=O) groups excluding carboxylic acids is 1. The number of carboxylic acid groups (broad SMARTS) is 1. The Bertz CT molecular complexity index is 1160. The zero-order chi connectivity index (χ0) is 24.9. The molecule has 1 N–H and O–H groups in total. The number of amides is 1. The molecule has 10 heteroatoms. The number of aliphatic carboxylic acids is 1. The predicted octanol–water partition coefficient (Wildman–Crippen LogP) is 6.60. The van der Waals surface area contributed by atoms with Gasteiger partial charge < -0.3 is 9.52 Å². The highest BCUT2D eigenvalue weighted by atomic mass is 32.2. The number of unbranched alkanes of at least 4 members (excludes halogenated alkanes) is 2. The Balaban J connectivity index is 1.69. The van der Waals surface area contributed by atoms with E-state index in [1.807, 2.05) is 0 Å². The molecule has 1 aliphatic rings. The lowest BCUT2D eigenvalue weighted by atomic mass is 10.0. The zero-order valence-electron chi connectivity index (χ0n) is 18.2. The Morgan fingerprint density at radius 2 is 2.00 bits per heavy atom. The number of benzene rings is 1. The maximum atomic E-state index is 14.6. The summed E-state index contributed by atoms with van der Waals surface area (Å²) in [6.07, 6.45) is 5.29. The van der Waals surface area contributed by atoms with Gasteiger partial charge in [0.1, 0.15) is 21.7 Å². The Morgan fingerprint density at radius 1 is 1.24 bits per heavy atom. The molecule has 3 rings (SSSR count). The van der Waals surface area contributed by atoms with Gasteiger partial charge in [-0.05, 0) is 50.1 Å². The smallest absolute Gasteiger partial charge is 0.303 e. The van der Waals surface area contributed by atoms with Gasteiger partial charge in [-0.2, -0.15) is 8.78 Å². The number of thiocarbonyl (C=S) groups is 1. The third-order valence-corrected chi connectivity index (χ3v) is 6.42. The molecule has 34 heavy (non-hydrogen) atoms. The summed E-state index contributed by atoms with van der Waals surface area (Å²) in [6.45, 7) is 1.85. The summed E-state index contributed by atoms with van der Waals surface area (Å²) in [5.41, 5.74) is -0.446. The van der Waals surface area contributed by atoms with Crippen molar-refractivity contribution in [1.29, 1.82) is 0 Å². The van der Waals surface area contributed by atoms with E-state index >= 15 is 0 Å². The molecule has 2 aromatic rings. The van der Waals surface area contributed by atoms with Crippen LogP contribution >= 0.6 is 24.0 Å². The standard InChI is InChI=1S/C24H22F3NO4S2/c1-2-11-24(26,27)15-7-9-17(18(25)13-15)19-10-8-16(32-19)14-20-22(31)28(23(33)34-20)12-5-3-4-6-21(29)30/h2,7-11,13-14H,3-6,12H2,1H3,(H,29,30)/b11-2+,20-14+. The number of carboxylic acids is 1. The fourth-order valence-corrected chi connectivity index (χ4v) is 4.64. The molecule has 1 aromatic heterocycles. The minimum Gasteiger partial charge on any atom is -0.481 e. The molecule has 0 spiro atoms. The molecule has 1 amide bonds. The first-order valence-electron chi connectivity index (χ1n) is 10.5. The van der Waals surface area contributed by atoms with Gasteiger partial charge in [0.25, 0.3) is 11.8 Å². The van der Waals surface area contributed by atoms with Crippen LogP contribution in [0.2, 0.25) is 0 Å². The van der Waals surface area contributed by atoms with E-state index in [4.69, 9.17) is 21.7 Å². The Labute approximate surface area is 204 Å². The van der Waals surface area contributed by atoms with Crippen LogP contribution in [0.4, 0.5) is 13.2 Å². The first kappa shape index (κ1) is 25.8. The number of rotatable bonds is 10. The number of halogens is 3. The topological polar surface area (TPSA) is 70.8 Å². The van der Waals surface area contributed by atoms with E-state index in [9.17, 15) is 22.8 Å². The molecule has 1 aliphatic heterocycles. The van der Waals surface area contributed by atoms with Crippen molar-refractivity contribution in [2.45, 2.75) is 38.5 Å². The molecule has 1 aromatic carbocycles. The van der Waals surface area contributed by atoms with Crippen molar-refractivity contribution in [3.63, 3.8) is 0 Å². The minimum atomic E-state index is -3.28. The summed E-state index contributed by atoms with van der Waals surface area (Å²) in [5.74, 6) is -4.84. The summed E-state index contributed by atoms with van der Waals surface area (Å²) in [4.78, 5) is 25.1. The first-order valence-corrected chi connectivity index (χ1v) is 11.7. The highest BCUT2D eigenvalue weighted by Crippen LogP contribution is 2.36. The molecule has 1 saturated heterocycles. The van der Waals surface area contributed by atoms with Crippen LogP contribution in [0.25, 0.3) is 17.4 Å². The summed E-state index contributed by atoms with van der Waals surface area (Å²) < 4.78 is 48.6. The largest absolute Gasteiger partial charge is 0.481 e. The molecule has 0 bridgehead atoms. The van der Waals surface area contributed by atoms with Gasteiger partial charge in [-0.15, -0.1) is 0 Å². The van der Waals surface area contributed by atoms with Crippen molar-refractivity contribution in [2.24, 2.45) is 0 Å². The van der Waals surface area contributed by atoms with Gasteiger partial charge in [-0.1, -0.05) is 42.5 Å². The average Bonchev–Trinajstić information content (AvgIpc) is 3.32. The second kappa shape index (κ2) is 11.1. The third-order valence-electron chi connectivity index (χ3n) is 5.04. The molecule has 2 heterocycles. The van der Waals surface area contributed by atoms with Gasteiger partial charge in [0.15, 0.2) is 0 Å². The van der Waals surface area contributed by atoms with Crippen molar-refractivity contribution in [3.8, 4) is 11.3 Å². The van der Waals surface area contributed by atoms with Crippen LogP contribution in [0, 0.1) is 5.82 Å². The monoisotopic (exact) mass is 509 g/mol. The highest BCUT2D eigenvalue weighted by Gasteiger charge is 2.32. The fourth-order valence-electron chi connectivity index (χ4n) is 3.35. The summed E-state index contributed by atoms with van der Waals surface area (Å²) >= 11 is 6.39. The van der Waals surface area contributed by atoms with Gasteiger partial charge >= 0.3 is 5.97 Å². The lowest BCUT2D eigenvalue weighted by Crippen LogP contribution is -2.29. The number of thioether (sulfide) groups is 1. The van der Waals surface area contributed by atoms with E-state index in [1.54, 1.807) is 6.07 Å². The van der Waals surface area contributed by atoms with Crippen LogP contribution in [-0.4, -0.2) is 32.7 Å². The SMILES string of the molecule is C/C=C/C(F)(F)c1ccc(-c2ccc(/C=C3/SC(=S)N(CCCCCC(=O)O)C3=O)o2)c(F)c1. The van der Waals surface area contributed by atoms with E-state index < -0.39 is 23.3 Å². The van der Waals surface area contributed by atoms with Gasteiger partial charge in [-0.25, -0.2) is 4.39 Å². The number of nitrogens with zero attached hydrogens (tertiary/aromatic N) is 1. The van der Waals surface area contributed by atoms with Gasteiger partial charge in [0.2, 0.25) is 0 Å². The van der Waals surface area contributed by atoms with Crippen LogP contribution in [0.1, 0.15) is 43.9 Å². The van der Waals surface area contributed by atoms with E-state index in [1.165, 1.54) is 36.1 Å². The predicted molar refractivity (Wildman–Crippen MR) is 129 cm³/mol. The molecule has 180 valence electrons. The normalized spacial score (nSPS) is 15.8. The third kappa shape index (κ3) is 6.18. The summed E-state index contributed by atoms with van der Waals surface area (Å²) in [5, 5.41) is 8.68. The first-order chi connectivity index (χ1) is 16.1. The number of alkyl halides is 2. The van der Waals surface area contributed by atoms with Crippen LogP contribution < -0.4 is 0 Å². The number of allylic oxidation sites excluding steroid dienone is 2. The van der Waals surface area contributed by atoms with Gasteiger partial charge in [-0.3, -0.25) is 14.5 Å². The average molecular weight is 510 g/mol. The maximum Gasteiger partial charge on any atom is 0.303 e. The molecule has 0 unspecified atom stereocenters. The second-order valence-corrected chi connectivity index (χ2v) is 9.23. The van der Waals surface area contributed by atoms with Crippen molar-refractivity contribution in [3.05, 3.63) is 64.5 Å².